The van der Waals surface area contributed by atoms with Gasteiger partial charge in [-0.15, -0.1) is 0 Å². The number of hydrogen-bond acceptors (Lipinski definition) is 4. The third kappa shape index (κ3) is 7.81. The number of allylic oxidation sites excluding steroid dienone is 8. The molecule has 0 fully saturated rings. The highest BCUT2D eigenvalue weighted by Crippen LogP contribution is 2.32. The minimum Gasteiger partial charge on any atom is -0.264 e. The molecule has 0 aliphatic heterocycles. The Balaban J connectivity index is 1.68. The van der Waals surface area contributed by atoms with Crippen LogP contribution in [0.25, 0.3) is 44.5 Å². The van der Waals surface area contributed by atoms with Gasteiger partial charge in [-0.2, -0.15) is 0 Å². The minimum atomic E-state index is 0.722. The van der Waals surface area contributed by atoms with Crippen molar-refractivity contribution in [3.05, 3.63) is 176 Å². The predicted octanol–water partition coefficient (Wildman–Crippen LogP) is 10.4. The van der Waals surface area contributed by atoms with Crippen LogP contribution < -0.4 is 0 Å². The van der Waals surface area contributed by atoms with Crippen molar-refractivity contribution in [3.8, 4) is 33.4 Å². The maximum Gasteiger partial charge on any atom is 0.0708 e. The van der Waals surface area contributed by atoms with Gasteiger partial charge in [-0.25, -0.2) is 0 Å². The number of aliphatic imine (C=N–C) groups is 1. The number of benzene rings is 2. The Morgan fingerprint density at radius 1 is 0.667 bits per heavy atom. The standard InChI is InChI=1S/C41H36N4/c1-6-8-12-31(7-2)36-20-35(21-37(22-36)32-13-9-16-42-26-32)30(5)19-41(45-29(3)4)40-24-38(33-14-10-17-43-27-33)23-39(25-40)34-15-11-18-44-28-34/h6-28H,1,3H2,2,4-5H3/b12-8-,30-19+,31-7+,45-41?. The van der Waals surface area contributed by atoms with Crippen LogP contribution in [0.2, 0.25) is 0 Å². The number of hydrogen-bond donors (Lipinski definition) is 0. The summed E-state index contributed by atoms with van der Waals surface area (Å²) in [4.78, 5) is 18.1. The summed E-state index contributed by atoms with van der Waals surface area (Å²) in [6, 6.07) is 25.2. The minimum absolute atomic E-state index is 0.722. The summed E-state index contributed by atoms with van der Waals surface area (Å²) in [5.74, 6) is 0. The fourth-order valence-corrected chi connectivity index (χ4v) is 5.10. The lowest BCUT2D eigenvalue weighted by atomic mass is 9.92. The Kier molecular flexibility index (Phi) is 9.98. The average Bonchev–Trinajstić information content (AvgIpc) is 3.09. The summed E-state index contributed by atoms with van der Waals surface area (Å²) in [7, 11) is 0. The Labute approximate surface area is 266 Å². The Bertz CT molecular complexity index is 1870. The van der Waals surface area contributed by atoms with E-state index in [0.717, 1.165) is 72.6 Å². The normalized spacial score (nSPS) is 12.4. The van der Waals surface area contributed by atoms with Crippen LogP contribution in [-0.4, -0.2) is 20.7 Å². The molecule has 220 valence electrons. The SMILES string of the molecule is C=C/C=C\C(=C/C)c1cc(/C(C)=C/C(=NC(=C)C)c2cc(-c3cccnc3)cc(-c3cccnc3)c2)cc(-c2cccnc2)c1. The number of nitrogens with zero attached hydrogens (tertiary/aromatic N) is 4. The van der Waals surface area contributed by atoms with Crippen molar-refractivity contribution in [3.63, 3.8) is 0 Å². The first-order valence-corrected chi connectivity index (χ1v) is 14.9. The molecule has 3 aromatic heterocycles. The van der Waals surface area contributed by atoms with Gasteiger partial charge in [0.05, 0.1) is 5.71 Å². The number of aromatic nitrogens is 3. The molecule has 3 heterocycles. The van der Waals surface area contributed by atoms with E-state index in [4.69, 9.17) is 4.99 Å². The van der Waals surface area contributed by atoms with Gasteiger partial charge in [0.25, 0.3) is 0 Å². The van der Waals surface area contributed by atoms with Gasteiger partial charge in [0, 0.05) is 65.1 Å². The van der Waals surface area contributed by atoms with Gasteiger partial charge in [-0.05, 0) is 120 Å². The van der Waals surface area contributed by atoms with Crippen molar-refractivity contribution in [1.82, 2.24) is 15.0 Å². The third-order valence-electron chi connectivity index (χ3n) is 7.32. The van der Waals surface area contributed by atoms with Crippen molar-refractivity contribution in [2.45, 2.75) is 20.8 Å². The van der Waals surface area contributed by atoms with Gasteiger partial charge in [0.1, 0.15) is 0 Å². The Morgan fingerprint density at radius 2 is 1.18 bits per heavy atom. The van der Waals surface area contributed by atoms with Crippen LogP contribution in [0.4, 0.5) is 0 Å². The maximum atomic E-state index is 4.95. The monoisotopic (exact) mass is 584 g/mol. The van der Waals surface area contributed by atoms with E-state index in [9.17, 15) is 0 Å². The topological polar surface area (TPSA) is 51.0 Å². The van der Waals surface area contributed by atoms with Crippen LogP contribution in [0, 0.1) is 0 Å². The van der Waals surface area contributed by atoms with Gasteiger partial charge in [0.15, 0.2) is 0 Å². The second-order valence-electron chi connectivity index (χ2n) is 10.7. The molecule has 0 N–H and O–H groups in total. The lowest BCUT2D eigenvalue weighted by molar-refractivity contribution is 1.31. The van der Waals surface area contributed by atoms with E-state index < -0.39 is 0 Å². The summed E-state index contributed by atoms with van der Waals surface area (Å²) < 4.78 is 0. The molecule has 0 aliphatic carbocycles. The number of rotatable bonds is 10. The van der Waals surface area contributed by atoms with E-state index in [2.05, 4.69) is 115 Å². The summed E-state index contributed by atoms with van der Waals surface area (Å²) in [5, 5.41) is 0. The molecule has 0 unspecified atom stereocenters. The van der Waals surface area contributed by atoms with Gasteiger partial charge < -0.3 is 0 Å². The zero-order chi connectivity index (χ0) is 31.6. The van der Waals surface area contributed by atoms with E-state index in [-0.39, 0.29) is 0 Å². The summed E-state index contributed by atoms with van der Waals surface area (Å²) >= 11 is 0. The maximum absolute atomic E-state index is 4.95. The van der Waals surface area contributed by atoms with Crippen molar-refractivity contribution in [2.24, 2.45) is 4.99 Å². The Hall–Kier alpha value is -5.74. The molecule has 4 heteroatoms. The van der Waals surface area contributed by atoms with Crippen molar-refractivity contribution < 1.29 is 0 Å². The van der Waals surface area contributed by atoms with E-state index in [1.165, 1.54) is 0 Å². The highest BCUT2D eigenvalue weighted by Gasteiger charge is 2.12. The first kappa shape index (κ1) is 30.7. The second kappa shape index (κ2) is 14.6. The molecule has 0 bridgehead atoms. The molecule has 5 aromatic rings. The second-order valence-corrected chi connectivity index (χ2v) is 10.7. The summed E-state index contributed by atoms with van der Waals surface area (Å²) in [6.07, 6.45) is 21.1. The van der Waals surface area contributed by atoms with Crippen molar-refractivity contribution >= 4 is 16.9 Å². The number of pyridine rings is 3. The molecule has 0 radical (unpaired) electrons. The quantitative estimate of drug-likeness (QED) is 0.121. The summed E-state index contributed by atoms with van der Waals surface area (Å²) in [5.41, 5.74) is 13.2. The van der Waals surface area contributed by atoms with Crippen LogP contribution in [0.5, 0.6) is 0 Å². The van der Waals surface area contributed by atoms with Crippen LogP contribution in [0.1, 0.15) is 37.5 Å². The van der Waals surface area contributed by atoms with Crippen LogP contribution in [0.3, 0.4) is 0 Å². The molecule has 0 saturated carbocycles. The third-order valence-corrected chi connectivity index (χ3v) is 7.32. The molecule has 5 rings (SSSR count). The van der Waals surface area contributed by atoms with Crippen LogP contribution in [0.15, 0.2) is 164 Å². The van der Waals surface area contributed by atoms with Crippen molar-refractivity contribution in [2.75, 3.05) is 0 Å². The summed E-state index contributed by atoms with van der Waals surface area (Å²) in [6.45, 7) is 14.1. The van der Waals surface area contributed by atoms with E-state index >= 15 is 0 Å². The van der Waals surface area contributed by atoms with E-state index in [0.29, 0.717) is 0 Å². The molecule has 0 aliphatic rings. The zero-order valence-electron chi connectivity index (χ0n) is 26.0. The molecular formula is C41H36N4. The lowest BCUT2D eigenvalue weighted by Gasteiger charge is -2.14. The highest BCUT2D eigenvalue weighted by atomic mass is 14.7. The fraction of sp³-hybridized carbons (Fsp3) is 0.0732. The van der Waals surface area contributed by atoms with Crippen LogP contribution in [-0.2, 0) is 0 Å². The average molecular weight is 585 g/mol. The van der Waals surface area contributed by atoms with Gasteiger partial charge in [-0.1, -0.05) is 55.7 Å². The van der Waals surface area contributed by atoms with E-state index in [1.807, 2.05) is 49.8 Å². The van der Waals surface area contributed by atoms with Crippen molar-refractivity contribution in [1.29, 1.82) is 0 Å². The molecule has 2 aromatic carbocycles. The fourth-order valence-electron chi connectivity index (χ4n) is 5.10. The highest BCUT2D eigenvalue weighted by molar-refractivity contribution is 6.13. The van der Waals surface area contributed by atoms with Gasteiger partial charge >= 0.3 is 0 Å². The molecule has 0 saturated heterocycles. The molecule has 4 nitrogen and oxygen atoms in total. The predicted molar refractivity (Wildman–Crippen MR) is 191 cm³/mol. The molecule has 0 spiro atoms. The van der Waals surface area contributed by atoms with Gasteiger partial charge in [0.2, 0.25) is 0 Å². The van der Waals surface area contributed by atoms with E-state index in [1.54, 1.807) is 24.7 Å². The van der Waals surface area contributed by atoms with Gasteiger partial charge in [-0.3, -0.25) is 19.9 Å². The first-order valence-electron chi connectivity index (χ1n) is 14.9. The molecule has 45 heavy (non-hydrogen) atoms. The van der Waals surface area contributed by atoms with Crippen LogP contribution >= 0.6 is 0 Å². The first-order chi connectivity index (χ1) is 21.9. The smallest absolute Gasteiger partial charge is 0.0708 e. The molecule has 0 amide bonds. The molecular weight excluding hydrogens is 548 g/mol. The lowest BCUT2D eigenvalue weighted by Crippen LogP contribution is -2.01. The largest absolute Gasteiger partial charge is 0.264 e. The Morgan fingerprint density at radius 3 is 1.64 bits per heavy atom. The zero-order valence-corrected chi connectivity index (χ0v) is 26.0. The molecule has 0 atom stereocenters.